The van der Waals surface area contributed by atoms with E-state index in [2.05, 4.69) is 22.0 Å². The summed E-state index contributed by atoms with van der Waals surface area (Å²) < 4.78 is 7.16. The lowest BCUT2D eigenvalue weighted by Crippen LogP contribution is -2.01. The molecule has 0 aliphatic heterocycles. The first-order valence-corrected chi connectivity index (χ1v) is 6.59. The molecule has 2 aromatic rings. The summed E-state index contributed by atoms with van der Waals surface area (Å²) in [6, 6.07) is 5.99. The van der Waals surface area contributed by atoms with Gasteiger partial charge in [-0.05, 0) is 43.0 Å². The molecule has 0 saturated carbocycles. The Kier molecular flexibility index (Phi) is 3.30. The molecule has 1 aromatic heterocycles. The zero-order chi connectivity index (χ0) is 11.7. The van der Waals surface area contributed by atoms with Crippen LogP contribution in [0.1, 0.15) is 22.2 Å². The van der Waals surface area contributed by atoms with Gasteiger partial charge in [-0.3, -0.25) is 0 Å². The van der Waals surface area contributed by atoms with Crippen LogP contribution in [0.25, 0.3) is 10.1 Å². The molecule has 0 bridgehead atoms. The molecule has 0 saturated heterocycles. The molecule has 0 radical (unpaired) electrons. The number of hydrogen-bond acceptors (Lipinski definition) is 3. The Labute approximate surface area is 106 Å². The van der Waals surface area contributed by atoms with Gasteiger partial charge in [0.1, 0.15) is 4.88 Å². The molecule has 16 heavy (non-hydrogen) atoms. The average molecular weight is 299 g/mol. The van der Waals surface area contributed by atoms with Gasteiger partial charge in [0.15, 0.2) is 0 Å². The Balaban J connectivity index is 2.48. The van der Waals surface area contributed by atoms with Crippen LogP contribution in [0.4, 0.5) is 0 Å². The van der Waals surface area contributed by atoms with Crippen molar-refractivity contribution in [3.63, 3.8) is 0 Å². The Morgan fingerprint density at radius 1 is 1.44 bits per heavy atom. The van der Waals surface area contributed by atoms with Gasteiger partial charge >= 0.3 is 5.97 Å². The van der Waals surface area contributed by atoms with Crippen molar-refractivity contribution in [3.8, 4) is 0 Å². The van der Waals surface area contributed by atoms with E-state index in [0.717, 1.165) is 14.6 Å². The van der Waals surface area contributed by atoms with Crippen molar-refractivity contribution in [3.05, 3.63) is 33.1 Å². The van der Waals surface area contributed by atoms with Crippen molar-refractivity contribution < 1.29 is 9.53 Å². The summed E-state index contributed by atoms with van der Waals surface area (Å²) in [7, 11) is 0. The number of thiophene rings is 1. The fourth-order valence-electron chi connectivity index (χ4n) is 1.46. The van der Waals surface area contributed by atoms with Gasteiger partial charge in [0, 0.05) is 9.17 Å². The van der Waals surface area contributed by atoms with E-state index >= 15 is 0 Å². The van der Waals surface area contributed by atoms with E-state index < -0.39 is 0 Å². The van der Waals surface area contributed by atoms with E-state index in [0.29, 0.717) is 11.5 Å². The van der Waals surface area contributed by atoms with Crippen LogP contribution in [-0.2, 0) is 4.74 Å². The summed E-state index contributed by atoms with van der Waals surface area (Å²) in [5, 5.41) is 1.07. The van der Waals surface area contributed by atoms with Gasteiger partial charge in [0.05, 0.1) is 6.61 Å². The molecule has 84 valence electrons. The van der Waals surface area contributed by atoms with Crippen molar-refractivity contribution in [1.29, 1.82) is 0 Å². The molecule has 4 heteroatoms. The molecule has 0 spiro atoms. The molecular weight excluding hydrogens is 288 g/mol. The van der Waals surface area contributed by atoms with Crippen molar-refractivity contribution in [2.75, 3.05) is 6.61 Å². The number of rotatable bonds is 2. The van der Waals surface area contributed by atoms with Crippen LogP contribution in [0.15, 0.2) is 22.7 Å². The normalized spacial score (nSPS) is 10.7. The Morgan fingerprint density at radius 2 is 2.19 bits per heavy atom. The number of esters is 1. The number of halogens is 1. The molecule has 2 rings (SSSR count). The van der Waals surface area contributed by atoms with E-state index in [1.54, 1.807) is 0 Å². The van der Waals surface area contributed by atoms with Crippen LogP contribution < -0.4 is 0 Å². The maximum atomic E-state index is 11.6. The van der Waals surface area contributed by atoms with E-state index in [4.69, 9.17) is 4.74 Å². The van der Waals surface area contributed by atoms with Crippen LogP contribution in [0.3, 0.4) is 0 Å². The van der Waals surface area contributed by atoms with E-state index in [1.807, 2.05) is 26.0 Å². The molecule has 0 aliphatic carbocycles. The summed E-state index contributed by atoms with van der Waals surface area (Å²) in [4.78, 5) is 12.2. The summed E-state index contributed by atoms with van der Waals surface area (Å²) in [5.41, 5.74) is 1.17. The molecule has 0 aliphatic rings. The quantitative estimate of drug-likeness (QED) is 0.779. The maximum Gasteiger partial charge on any atom is 0.348 e. The second kappa shape index (κ2) is 4.55. The first kappa shape index (κ1) is 11.6. The lowest BCUT2D eigenvalue weighted by Gasteiger charge is -1.96. The Hall–Kier alpha value is -0.870. The second-order valence-corrected chi connectivity index (χ2v) is 5.41. The standard InChI is InChI=1S/C12H11BrO2S/c1-3-15-12(14)11-6-8-5-9(13)7(2)4-10(8)16-11/h4-6H,3H2,1-2H3. The molecular formula is C12H11BrO2S. The summed E-state index contributed by atoms with van der Waals surface area (Å²) in [6.45, 7) is 4.26. The van der Waals surface area contributed by atoms with Crippen molar-refractivity contribution >= 4 is 43.3 Å². The molecule has 0 atom stereocenters. The van der Waals surface area contributed by atoms with Crippen LogP contribution >= 0.6 is 27.3 Å². The highest BCUT2D eigenvalue weighted by atomic mass is 79.9. The summed E-state index contributed by atoms with van der Waals surface area (Å²) in [6.07, 6.45) is 0. The zero-order valence-corrected chi connectivity index (χ0v) is 11.4. The number of fused-ring (bicyclic) bond motifs is 1. The molecule has 1 aromatic carbocycles. The van der Waals surface area contributed by atoms with Gasteiger partial charge in [-0.2, -0.15) is 0 Å². The van der Waals surface area contributed by atoms with E-state index in [9.17, 15) is 4.79 Å². The number of carbonyl (C=O) groups excluding carboxylic acids is 1. The number of hydrogen-bond donors (Lipinski definition) is 0. The van der Waals surface area contributed by atoms with Crippen molar-refractivity contribution in [2.24, 2.45) is 0 Å². The molecule has 1 heterocycles. The minimum absolute atomic E-state index is 0.238. The highest BCUT2D eigenvalue weighted by Crippen LogP contribution is 2.30. The third kappa shape index (κ3) is 2.13. The second-order valence-electron chi connectivity index (χ2n) is 3.47. The smallest absolute Gasteiger partial charge is 0.348 e. The van der Waals surface area contributed by atoms with Gasteiger partial charge in [-0.1, -0.05) is 15.9 Å². The topological polar surface area (TPSA) is 26.3 Å². The number of ether oxygens (including phenoxy) is 1. The van der Waals surface area contributed by atoms with Gasteiger partial charge in [-0.15, -0.1) is 11.3 Å². The summed E-state index contributed by atoms with van der Waals surface area (Å²) >= 11 is 4.95. The first-order valence-electron chi connectivity index (χ1n) is 4.98. The minimum atomic E-state index is -0.238. The number of aryl methyl sites for hydroxylation is 1. The SMILES string of the molecule is CCOC(=O)c1cc2cc(Br)c(C)cc2s1. The van der Waals surface area contributed by atoms with Crippen LogP contribution in [0, 0.1) is 6.92 Å². The van der Waals surface area contributed by atoms with Crippen LogP contribution in [-0.4, -0.2) is 12.6 Å². The average Bonchev–Trinajstić information content (AvgIpc) is 2.62. The number of carbonyl (C=O) groups is 1. The highest BCUT2D eigenvalue weighted by molar-refractivity contribution is 9.10. The zero-order valence-electron chi connectivity index (χ0n) is 9.04. The fourth-order valence-corrected chi connectivity index (χ4v) is 2.86. The maximum absolute atomic E-state index is 11.6. The predicted octanol–water partition coefficient (Wildman–Crippen LogP) is 4.15. The van der Waals surface area contributed by atoms with Gasteiger partial charge < -0.3 is 4.74 Å². The largest absolute Gasteiger partial charge is 0.462 e. The number of benzene rings is 1. The molecule has 0 fully saturated rings. The van der Waals surface area contributed by atoms with Crippen LogP contribution in [0.5, 0.6) is 0 Å². The summed E-state index contributed by atoms with van der Waals surface area (Å²) in [5.74, 6) is -0.238. The van der Waals surface area contributed by atoms with Gasteiger partial charge in [-0.25, -0.2) is 4.79 Å². The monoisotopic (exact) mass is 298 g/mol. The molecule has 0 unspecified atom stereocenters. The van der Waals surface area contributed by atoms with E-state index in [1.165, 1.54) is 16.9 Å². The third-order valence-electron chi connectivity index (χ3n) is 2.27. The molecule has 2 nitrogen and oxygen atoms in total. The predicted molar refractivity (Wildman–Crippen MR) is 70.2 cm³/mol. The van der Waals surface area contributed by atoms with Crippen molar-refractivity contribution in [2.45, 2.75) is 13.8 Å². The van der Waals surface area contributed by atoms with E-state index in [-0.39, 0.29) is 5.97 Å². The lowest BCUT2D eigenvalue weighted by atomic mass is 10.2. The Bertz CT molecular complexity index is 506. The van der Waals surface area contributed by atoms with Crippen LogP contribution in [0.2, 0.25) is 0 Å². The minimum Gasteiger partial charge on any atom is -0.462 e. The van der Waals surface area contributed by atoms with Gasteiger partial charge in [0.25, 0.3) is 0 Å². The van der Waals surface area contributed by atoms with Gasteiger partial charge in [0.2, 0.25) is 0 Å². The first-order chi connectivity index (χ1) is 7.61. The highest BCUT2D eigenvalue weighted by Gasteiger charge is 2.11. The van der Waals surface area contributed by atoms with Crippen molar-refractivity contribution in [1.82, 2.24) is 0 Å². The fraction of sp³-hybridized carbons (Fsp3) is 0.250. The third-order valence-corrected chi connectivity index (χ3v) is 4.21. The molecule has 0 amide bonds. The molecule has 0 N–H and O–H groups in total. The lowest BCUT2D eigenvalue weighted by molar-refractivity contribution is 0.0532. The Morgan fingerprint density at radius 3 is 2.88 bits per heavy atom.